The second-order valence-corrected chi connectivity index (χ2v) is 6.06. The molecule has 0 atom stereocenters. The van der Waals surface area contributed by atoms with E-state index >= 15 is 0 Å². The molecule has 0 saturated carbocycles. The first-order chi connectivity index (χ1) is 10.8. The summed E-state index contributed by atoms with van der Waals surface area (Å²) >= 11 is 1.63. The summed E-state index contributed by atoms with van der Waals surface area (Å²) in [5.74, 6) is 0. The van der Waals surface area contributed by atoms with Crippen LogP contribution in [0.1, 0.15) is 5.56 Å². The minimum atomic E-state index is 0.741. The predicted molar refractivity (Wildman–Crippen MR) is 90.1 cm³/mol. The standard InChI is InChI=1S/C18H14N3S/c1-20-15-9-5-6-10-16(15)21-14-8-4-3-7-12(14)17(22-2)13(11-19)18(20)21/h3-10H,1-2H3/q+1. The molecule has 106 valence electrons. The number of fused-ring (bicyclic) bond motifs is 5. The fourth-order valence-corrected chi connectivity index (χ4v) is 3.98. The lowest BCUT2D eigenvalue weighted by atomic mass is 10.1. The molecule has 0 saturated heterocycles. The largest absolute Gasteiger partial charge is 0.306 e. The summed E-state index contributed by atoms with van der Waals surface area (Å²) in [7, 11) is 2.03. The van der Waals surface area contributed by atoms with Crippen LogP contribution in [0.25, 0.3) is 27.6 Å². The number of hydrogen-bond donors (Lipinski definition) is 0. The van der Waals surface area contributed by atoms with Gasteiger partial charge in [0.1, 0.15) is 11.6 Å². The maximum Gasteiger partial charge on any atom is 0.306 e. The van der Waals surface area contributed by atoms with Crippen molar-refractivity contribution in [3.8, 4) is 6.07 Å². The van der Waals surface area contributed by atoms with Gasteiger partial charge in [-0.15, -0.1) is 11.8 Å². The third-order valence-corrected chi connectivity index (χ3v) is 5.00. The minimum Gasteiger partial charge on any atom is -0.225 e. The fraction of sp³-hybridized carbons (Fsp3) is 0.111. The molecular formula is C18H14N3S+. The Bertz CT molecular complexity index is 1090. The summed E-state index contributed by atoms with van der Waals surface area (Å²) in [5, 5.41) is 10.9. The quantitative estimate of drug-likeness (QED) is 0.397. The van der Waals surface area contributed by atoms with Crippen molar-refractivity contribution in [3.05, 3.63) is 54.1 Å². The Morgan fingerprint density at radius 3 is 2.45 bits per heavy atom. The van der Waals surface area contributed by atoms with Gasteiger partial charge in [0.15, 0.2) is 16.6 Å². The van der Waals surface area contributed by atoms with Crippen LogP contribution in [-0.2, 0) is 7.05 Å². The molecule has 22 heavy (non-hydrogen) atoms. The Morgan fingerprint density at radius 1 is 1.05 bits per heavy atom. The number of aryl methyl sites for hydroxylation is 1. The van der Waals surface area contributed by atoms with Gasteiger partial charge in [-0.2, -0.15) is 9.66 Å². The third kappa shape index (κ3) is 1.54. The fourth-order valence-electron chi connectivity index (χ4n) is 3.25. The lowest BCUT2D eigenvalue weighted by Crippen LogP contribution is -2.28. The molecule has 3 nitrogen and oxygen atoms in total. The van der Waals surface area contributed by atoms with E-state index in [1.165, 1.54) is 0 Å². The van der Waals surface area contributed by atoms with E-state index in [0.29, 0.717) is 0 Å². The topological polar surface area (TPSA) is 32.1 Å². The molecule has 0 unspecified atom stereocenters. The molecule has 4 heteroatoms. The van der Waals surface area contributed by atoms with E-state index < -0.39 is 0 Å². The summed E-state index contributed by atoms with van der Waals surface area (Å²) in [4.78, 5) is 1.05. The number of imidazole rings is 1. The highest BCUT2D eigenvalue weighted by molar-refractivity contribution is 7.98. The minimum absolute atomic E-state index is 0.741. The van der Waals surface area contributed by atoms with Crippen LogP contribution in [0.5, 0.6) is 0 Å². The van der Waals surface area contributed by atoms with Crippen LogP contribution < -0.4 is 4.57 Å². The Hall–Kier alpha value is -2.51. The number of rotatable bonds is 1. The normalized spacial score (nSPS) is 11.3. The number of hydrogen-bond acceptors (Lipinski definition) is 2. The molecule has 0 bridgehead atoms. The molecule has 4 aromatic rings. The van der Waals surface area contributed by atoms with Gasteiger partial charge in [-0.25, -0.2) is 4.57 Å². The number of pyridine rings is 1. The predicted octanol–water partition coefficient (Wildman–Crippen LogP) is 3.66. The second kappa shape index (κ2) is 4.75. The number of benzene rings is 2. The van der Waals surface area contributed by atoms with Crippen LogP contribution in [0, 0.1) is 11.3 Å². The van der Waals surface area contributed by atoms with E-state index in [4.69, 9.17) is 0 Å². The van der Waals surface area contributed by atoms with E-state index in [1.807, 2.05) is 37.6 Å². The zero-order valence-electron chi connectivity index (χ0n) is 12.4. The maximum absolute atomic E-state index is 9.77. The van der Waals surface area contributed by atoms with E-state index in [1.54, 1.807) is 11.8 Å². The summed E-state index contributed by atoms with van der Waals surface area (Å²) < 4.78 is 4.31. The van der Waals surface area contributed by atoms with Crippen LogP contribution in [0.3, 0.4) is 0 Å². The van der Waals surface area contributed by atoms with Crippen LogP contribution >= 0.6 is 11.8 Å². The van der Waals surface area contributed by atoms with Crippen molar-refractivity contribution in [1.82, 2.24) is 4.40 Å². The van der Waals surface area contributed by atoms with Crippen molar-refractivity contribution in [1.29, 1.82) is 5.26 Å². The van der Waals surface area contributed by atoms with E-state index in [2.05, 4.69) is 39.3 Å². The molecule has 4 rings (SSSR count). The molecule has 0 aliphatic rings. The first-order valence-electron chi connectivity index (χ1n) is 7.06. The number of nitrogens with zero attached hydrogens (tertiary/aromatic N) is 3. The van der Waals surface area contributed by atoms with E-state index in [9.17, 15) is 5.26 Å². The van der Waals surface area contributed by atoms with Gasteiger partial charge in [-0.3, -0.25) is 0 Å². The third-order valence-electron chi connectivity index (χ3n) is 4.17. The van der Waals surface area contributed by atoms with Gasteiger partial charge in [0.2, 0.25) is 0 Å². The maximum atomic E-state index is 9.77. The smallest absolute Gasteiger partial charge is 0.225 e. The van der Waals surface area contributed by atoms with Gasteiger partial charge >= 0.3 is 5.65 Å². The molecule has 0 aliphatic heterocycles. The highest BCUT2D eigenvalue weighted by Crippen LogP contribution is 2.33. The van der Waals surface area contributed by atoms with Crippen molar-refractivity contribution >= 4 is 39.3 Å². The Balaban J connectivity index is 2.46. The molecule has 0 radical (unpaired) electrons. The monoisotopic (exact) mass is 304 g/mol. The molecule has 0 amide bonds. The molecule has 0 aliphatic carbocycles. The van der Waals surface area contributed by atoms with Crippen LogP contribution in [0.4, 0.5) is 0 Å². The van der Waals surface area contributed by atoms with Crippen LogP contribution in [-0.4, -0.2) is 10.7 Å². The Morgan fingerprint density at radius 2 is 1.73 bits per heavy atom. The average Bonchev–Trinajstić information content (AvgIpc) is 2.87. The number of thioether (sulfide) groups is 1. The number of aromatic nitrogens is 2. The summed E-state index contributed by atoms with van der Waals surface area (Å²) in [6.45, 7) is 0. The van der Waals surface area contributed by atoms with Crippen molar-refractivity contribution in [3.63, 3.8) is 0 Å². The molecular weight excluding hydrogens is 290 g/mol. The summed E-state index contributed by atoms with van der Waals surface area (Å²) in [6, 6.07) is 19.0. The Labute approximate surface area is 132 Å². The van der Waals surface area contributed by atoms with Crippen molar-refractivity contribution in [2.45, 2.75) is 4.90 Å². The molecule has 0 fully saturated rings. The first-order valence-corrected chi connectivity index (χ1v) is 8.28. The van der Waals surface area contributed by atoms with Gasteiger partial charge < -0.3 is 0 Å². The van der Waals surface area contributed by atoms with Crippen LogP contribution in [0.15, 0.2) is 53.4 Å². The van der Waals surface area contributed by atoms with Crippen molar-refractivity contribution < 1.29 is 4.57 Å². The number of para-hydroxylation sites is 3. The van der Waals surface area contributed by atoms with E-state index in [0.717, 1.165) is 38.0 Å². The zero-order chi connectivity index (χ0) is 15.3. The van der Waals surface area contributed by atoms with Gasteiger partial charge in [0.25, 0.3) is 0 Å². The highest BCUT2D eigenvalue weighted by Gasteiger charge is 2.26. The average molecular weight is 304 g/mol. The molecule has 2 aromatic carbocycles. The van der Waals surface area contributed by atoms with Crippen molar-refractivity contribution in [2.75, 3.05) is 6.26 Å². The second-order valence-electron chi connectivity index (χ2n) is 5.24. The lowest BCUT2D eigenvalue weighted by Gasteiger charge is -2.06. The first kappa shape index (κ1) is 13.2. The van der Waals surface area contributed by atoms with Crippen LogP contribution in [0.2, 0.25) is 0 Å². The highest BCUT2D eigenvalue weighted by atomic mass is 32.2. The molecule has 0 N–H and O–H groups in total. The van der Waals surface area contributed by atoms with Gasteiger partial charge in [-0.1, -0.05) is 24.3 Å². The lowest BCUT2D eigenvalue weighted by molar-refractivity contribution is -0.618. The number of nitriles is 1. The van der Waals surface area contributed by atoms with Gasteiger partial charge in [-0.05, 0) is 30.5 Å². The SMILES string of the molecule is CSc1c(C#N)c2n(c3ccccc13)c1ccccc1[n+]2C. The Kier molecular flexibility index (Phi) is 2.85. The zero-order valence-corrected chi connectivity index (χ0v) is 13.2. The van der Waals surface area contributed by atoms with Gasteiger partial charge in [0.05, 0.1) is 7.05 Å². The molecule has 2 heterocycles. The summed E-state index contributed by atoms with van der Waals surface area (Å²) in [6.07, 6.45) is 2.03. The van der Waals surface area contributed by atoms with Crippen molar-refractivity contribution in [2.24, 2.45) is 7.05 Å². The molecule has 2 aromatic heterocycles. The van der Waals surface area contributed by atoms with Gasteiger partial charge in [0, 0.05) is 10.3 Å². The molecule has 0 spiro atoms. The summed E-state index contributed by atoms with van der Waals surface area (Å²) in [5.41, 5.74) is 5.08. The van der Waals surface area contributed by atoms with E-state index in [-0.39, 0.29) is 0 Å².